The lowest BCUT2D eigenvalue weighted by molar-refractivity contribution is -0.114. The molecule has 26 heavy (non-hydrogen) atoms. The highest BCUT2D eigenvalue weighted by Gasteiger charge is 2.16. The Bertz CT molecular complexity index is 892. The summed E-state index contributed by atoms with van der Waals surface area (Å²) in [6.45, 7) is 5.54. The lowest BCUT2D eigenvalue weighted by Gasteiger charge is -2.21. The number of benzene rings is 1. The van der Waals surface area contributed by atoms with E-state index in [-0.39, 0.29) is 28.4 Å². The Morgan fingerprint density at radius 1 is 1.38 bits per heavy atom. The lowest BCUT2D eigenvalue weighted by atomic mass is 9.98. The zero-order chi connectivity index (χ0) is 19.4. The van der Waals surface area contributed by atoms with Crippen LogP contribution in [0.2, 0.25) is 0 Å². The molecule has 1 aromatic carbocycles. The Balaban J connectivity index is 2.62. The van der Waals surface area contributed by atoms with Crippen LogP contribution in [0.25, 0.3) is 10.8 Å². The molecule has 1 aromatic heterocycles. The number of amides is 1. The fourth-order valence-electron chi connectivity index (χ4n) is 2.74. The number of aromatic amines is 1. The van der Waals surface area contributed by atoms with E-state index in [1.54, 1.807) is 19.2 Å². The number of nitrogens with one attached hydrogen (secondary N) is 1. The van der Waals surface area contributed by atoms with Gasteiger partial charge in [-0.05, 0) is 35.9 Å². The first-order valence-corrected chi connectivity index (χ1v) is 8.32. The second-order valence-corrected chi connectivity index (χ2v) is 6.17. The summed E-state index contributed by atoms with van der Waals surface area (Å²) in [6, 6.07) is 2.74. The molecule has 1 heterocycles. The van der Waals surface area contributed by atoms with Gasteiger partial charge in [-0.25, -0.2) is 4.39 Å². The molecule has 2 N–H and O–H groups in total. The van der Waals surface area contributed by atoms with Gasteiger partial charge in [0.05, 0.1) is 11.1 Å². The molecular weight excluding hydrogens is 339 g/mol. The number of aliphatic hydroxyl groups excluding tert-OH is 1. The molecule has 0 atom stereocenters. The number of pyridine rings is 1. The van der Waals surface area contributed by atoms with Crippen LogP contribution in [0.1, 0.15) is 32.3 Å². The van der Waals surface area contributed by atoms with Crippen LogP contribution in [0.3, 0.4) is 0 Å². The number of likely N-dealkylation sites (N-methyl/N-ethyl adjacent to an activating group) is 1. The van der Waals surface area contributed by atoms with Crippen molar-refractivity contribution >= 4 is 28.7 Å². The van der Waals surface area contributed by atoms with E-state index in [0.717, 1.165) is 5.56 Å². The van der Waals surface area contributed by atoms with E-state index in [1.165, 1.54) is 23.0 Å². The Kier molecular flexibility index (Phi) is 6.10. The number of halogens is 1. The van der Waals surface area contributed by atoms with E-state index in [9.17, 15) is 19.1 Å². The maximum atomic E-state index is 14.6. The summed E-state index contributed by atoms with van der Waals surface area (Å²) in [7, 11) is 1.51. The molecule has 0 aliphatic rings. The lowest BCUT2D eigenvalue weighted by Crippen LogP contribution is -2.34. The number of fused-ring (bicyclic) bond motifs is 1. The summed E-state index contributed by atoms with van der Waals surface area (Å²) in [6.07, 6.45) is 2.18. The number of rotatable bonds is 6. The van der Waals surface area contributed by atoms with Crippen LogP contribution in [0.15, 0.2) is 28.2 Å². The number of amidine groups is 1. The number of hydrogen-bond donors (Lipinski definition) is 2. The molecule has 0 unspecified atom stereocenters. The Hall–Kier alpha value is -2.74. The molecule has 7 nitrogen and oxygen atoms in total. The fourth-order valence-corrected chi connectivity index (χ4v) is 2.74. The summed E-state index contributed by atoms with van der Waals surface area (Å²) in [4.78, 5) is 26.9. The minimum Gasteiger partial charge on any atom is -0.388 e. The number of hydrazone groups is 1. The summed E-state index contributed by atoms with van der Waals surface area (Å²) < 4.78 is 14.6. The van der Waals surface area contributed by atoms with Gasteiger partial charge >= 0.3 is 0 Å². The number of aromatic nitrogens is 1. The third-order valence-electron chi connectivity index (χ3n) is 4.18. The molecule has 0 saturated heterocycles. The van der Waals surface area contributed by atoms with Gasteiger partial charge in [-0.1, -0.05) is 13.8 Å². The minimum atomic E-state index is -0.624. The fraction of sp³-hybridized carbons (Fsp3) is 0.389. The number of nitrogens with zero attached hydrogens (tertiary/aromatic N) is 3. The maximum absolute atomic E-state index is 14.6. The van der Waals surface area contributed by atoms with E-state index in [2.05, 4.69) is 10.1 Å². The summed E-state index contributed by atoms with van der Waals surface area (Å²) >= 11 is 0. The maximum Gasteiger partial charge on any atom is 0.255 e. The molecule has 1 amide bonds. The predicted octanol–water partition coefficient (Wildman–Crippen LogP) is 2.01. The minimum absolute atomic E-state index is 0.0967. The molecule has 8 heteroatoms. The van der Waals surface area contributed by atoms with E-state index in [1.807, 2.05) is 13.8 Å². The topological polar surface area (TPSA) is 89.0 Å². The van der Waals surface area contributed by atoms with Crippen LogP contribution in [-0.2, 0) is 4.79 Å². The molecule has 140 valence electrons. The monoisotopic (exact) mass is 362 g/mol. The van der Waals surface area contributed by atoms with Gasteiger partial charge in [0.2, 0.25) is 6.41 Å². The zero-order valence-electron chi connectivity index (χ0n) is 15.3. The molecule has 0 fully saturated rings. The number of anilines is 1. The van der Waals surface area contributed by atoms with Gasteiger partial charge in [-0.3, -0.25) is 19.5 Å². The van der Waals surface area contributed by atoms with Crippen LogP contribution in [0, 0.1) is 5.82 Å². The highest BCUT2D eigenvalue weighted by Crippen LogP contribution is 2.29. The Labute approximate surface area is 150 Å². The second kappa shape index (κ2) is 8.09. The molecule has 0 bridgehead atoms. The average Bonchev–Trinajstić information content (AvgIpc) is 2.61. The second-order valence-electron chi connectivity index (χ2n) is 6.17. The van der Waals surface area contributed by atoms with E-state index >= 15 is 0 Å². The quantitative estimate of drug-likeness (QED) is 0.356. The van der Waals surface area contributed by atoms with Crippen LogP contribution in [-0.4, -0.2) is 47.4 Å². The molecule has 0 aliphatic heterocycles. The van der Waals surface area contributed by atoms with Crippen molar-refractivity contribution in [2.45, 2.75) is 26.7 Å². The number of carbonyl (C=O) groups excluding carboxylic acids is 1. The first-order valence-electron chi connectivity index (χ1n) is 8.32. The molecular formula is C18H23FN4O3. The number of hydrogen-bond acceptors (Lipinski definition) is 5. The molecule has 2 aromatic rings. The third kappa shape index (κ3) is 3.75. The van der Waals surface area contributed by atoms with E-state index < -0.39 is 12.4 Å². The Morgan fingerprint density at radius 3 is 2.62 bits per heavy atom. The standard InChI is InChI=1S/C18H23FN4O3/c1-5-23(10-25)17(9-24)21-22(4)16-7-12-13(6-15(16)19)18(26)20-8-14(12)11(2)3/h6-8,10-11,24H,5,9H2,1-4H3,(H,20,26)/b21-17-. The number of carbonyl (C=O) groups is 1. The van der Waals surface area contributed by atoms with Gasteiger partial charge in [-0.2, -0.15) is 5.10 Å². The van der Waals surface area contributed by atoms with E-state index in [0.29, 0.717) is 18.3 Å². The molecule has 0 saturated carbocycles. The first-order chi connectivity index (χ1) is 12.3. The highest BCUT2D eigenvalue weighted by molar-refractivity contribution is 5.93. The van der Waals surface area contributed by atoms with Gasteiger partial charge in [0.1, 0.15) is 12.4 Å². The van der Waals surface area contributed by atoms with Gasteiger partial charge < -0.3 is 10.1 Å². The molecule has 0 aliphatic carbocycles. The molecule has 0 radical (unpaired) electrons. The summed E-state index contributed by atoms with van der Waals surface area (Å²) in [5.74, 6) is -0.402. The van der Waals surface area contributed by atoms with Gasteiger partial charge in [0.25, 0.3) is 5.56 Å². The van der Waals surface area contributed by atoms with Gasteiger partial charge in [0, 0.05) is 19.8 Å². The van der Waals surface area contributed by atoms with Crippen LogP contribution in [0.4, 0.5) is 10.1 Å². The molecule has 2 rings (SSSR count). The largest absolute Gasteiger partial charge is 0.388 e. The van der Waals surface area contributed by atoms with Crippen LogP contribution >= 0.6 is 0 Å². The van der Waals surface area contributed by atoms with Crippen LogP contribution in [0.5, 0.6) is 0 Å². The highest BCUT2D eigenvalue weighted by atomic mass is 19.1. The van der Waals surface area contributed by atoms with Crippen molar-refractivity contribution in [3.8, 4) is 0 Å². The predicted molar refractivity (Wildman–Crippen MR) is 100.0 cm³/mol. The van der Waals surface area contributed by atoms with Crippen LogP contribution < -0.4 is 10.6 Å². The first kappa shape index (κ1) is 19.6. The third-order valence-corrected chi connectivity index (χ3v) is 4.18. The summed E-state index contributed by atoms with van der Waals surface area (Å²) in [5.41, 5.74) is 0.650. The van der Waals surface area contributed by atoms with Gasteiger partial charge in [0.15, 0.2) is 5.84 Å². The Morgan fingerprint density at radius 2 is 2.08 bits per heavy atom. The van der Waals surface area contributed by atoms with Crippen molar-refractivity contribution < 1.29 is 14.3 Å². The smallest absolute Gasteiger partial charge is 0.255 e. The van der Waals surface area contributed by atoms with Crippen molar-refractivity contribution in [3.63, 3.8) is 0 Å². The summed E-state index contributed by atoms with van der Waals surface area (Å²) in [5, 5.41) is 15.7. The zero-order valence-corrected chi connectivity index (χ0v) is 15.3. The van der Waals surface area contributed by atoms with Crippen molar-refractivity contribution in [3.05, 3.63) is 40.1 Å². The van der Waals surface area contributed by atoms with Crippen molar-refractivity contribution in [2.75, 3.05) is 25.2 Å². The SMILES string of the molecule is CCN(C=O)/C(CO)=N\N(C)c1cc2c(C(C)C)c[nH]c(=O)c2cc1F. The van der Waals surface area contributed by atoms with Crippen molar-refractivity contribution in [1.82, 2.24) is 9.88 Å². The van der Waals surface area contributed by atoms with Gasteiger partial charge in [-0.15, -0.1) is 0 Å². The average molecular weight is 362 g/mol. The van der Waals surface area contributed by atoms with E-state index in [4.69, 9.17) is 0 Å². The number of aliphatic hydroxyl groups is 1. The number of H-pyrrole nitrogens is 1. The normalized spacial score (nSPS) is 11.9. The molecule has 0 spiro atoms. The van der Waals surface area contributed by atoms with Crippen molar-refractivity contribution in [2.24, 2.45) is 5.10 Å². The van der Waals surface area contributed by atoms with Crippen molar-refractivity contribution in [1.29, 1.82) is 0 Å².